The average molecular weight is 281 g/mol. The molecule has 5 nitrogen and oxygen atoms in total. The fourth-order valence-electron chi connectivity index (χ4n) is 2.34. The molecule has 0 saturated carbocycles. The fourth-order valence-corrected chi connectivity index (χ4v) is 2.34. The maximum Gasteiger partial charge on any atom is 0.250 e. The number of anilines is 2. The smallest absolute Gasteiger partial charge is 0.250 e. The molecule has 20 heavy (non-hydrogen) atoms. The molecule has 0 bridgehead atoms. The second kappa shape index (κ2) is 6.56. The Kier molecular flexibility index (Phi) is 4.79. The molecule has 0 aromatic heterocycles. The lowest BCUT2D eigenvalue weighted by Crippen LogP contribution is -2.22. The van der Waals surface area contributed by atoms with E-state index in [1.807, 2.05) is 0 Å². The molecule has 1 atom stereocenters. The standard InChI is InChI=1S/C14H20FN3O2/c15-11-8-12(16)10(14(17)19)7-13(11)18-5-4-9-3-1-2-6-20-9/h7-9,18H,1-6,16H2,(H2,17,19). The van der Waals surface area contributed by atoms with Crippen molar-refractivity contribution in [3.05, 3.63) is 23.5 Å². The van der Waals surface area contributed by atoms with Gasteiger partial charge >= 0.3 is 0 Å². The van der Waals surface area contributed by atoms with E-state index in [4.69, 9.17) is 16.2 Å². The summed E-state index contributed by atoms with van der Waals surface area (Å²) in [5, 5.41) is 2.96. The van der Waals surface area contributed by atoms with E-state index in [1.54, 1.807) is 0 Å². The van der Waals surface area contributed by atoms with E-state index in [1.165, 1.54) is 12.5 Å². The number of carbonyl (C=O) groups excluding carboxylic acids is 1. The molecule has 1 fully saturated rings. The van der Waals surface area contributed by atoms with Crippen LogP contribution in [0.15, 0.2) is 12.1 Å². The highest BCUT2D eigenvalue weighted by atomic mass is 19.1. The van der Waals surface area contributed by atoms with E-state index in [-0.39, 0.29) is 23.0 Å². The molecular weight excluding hydrogens is 261 g/mol. The van der Waals surface area contributed by atoms with E-state index in [2.05, 4.69) is 5.32 Å². The summed E-state index contributed by atoms with van der Waals surface area (Å²) in [7, 11) is 0. The topological polar surface area (TPSA) is 90.4 Å². The average Bonchev–Trinajstić information content (AvgIpc) is 2.42. The Labute approximate surface area is 117 Å². The summed E-state index contributed by atoms with van der Waals surface area (Å²) >= 11 is 0. The quantitative estimate of drug-likeness (QED) is 0.719. The predicted octanol–water partition coefficient (Wildman–Crippen LogP) is 1.88. The van der Waals surface area contributed by atoms with Gasteiger partial charge in [-0.3, -0.25) is 4.79 Å². The van der Waals surface area contributed by atoms with Gasteiger partial charge in [0.05, 0.1) is 17.4 Å². The molecular formula is C14H20FN3O2. The summed E-state index contributed by atoms with van der Waals surface area (Å²) in [6.07, 6.45) is 4.35. The van der Waals surface area contributed by atoms with Crippen molar-refractivity contribution in [1.29, 1.82) is 0 Å². The van der Waals surface area contributed by atoms with Gasteiger partial charge in [0.25, 0.3) is 5.91 Å². The number of nitrogens with one attached hydrogen (secondary N) is 1. The zero-order chi connectivity index (χ0) is 14.5. The number of carbonyl (C=O) groups is 1. The van der Waals surface area contributed by atoms with Gasteiger partial charge in [-0.15, -0.1) is 0 Å². The number of halogens is 1. The van der Waals surface area contributed by atoms with Gasteiger partial charge in [-0.25, -0.2) is 4.39 Å². The second-order valence-corrected chi connectivity index (χ2v) is 4.99. The van der Waals surface area contributed by atoms with E-state index < -0.39 is 11.7 Å². The minimum atomic E-state index is -0.666. The third-order valence-corrected chi connectivity index (χ3v) is 3.46. The van der Waals surface area contributed by atoms with Crippen LogP contribution in [0.25, 0.3) is 0 Å². The van der Waals surface area contributed by atoms with Crippen molar-refractivity contribution >= 4 is 17.3 Å². The van der Waals surface area contributed by atoms with Gasteiger partial charge in [-0.05, 0) is 37.8 Å². The third kappa shape index (κ3) is 3.60. The molecule has 1 aliphatic heterocycles. The van der Waals surface area contributed by atoms with Crippen LogP contribution in [0.5, 0.6) is 0 Å². The molecule has 1 amide bonds. The highest BCUT2D eigenvalue weighted by Crippen LogP contribution is 2.22. The van der Waals surface area contributed by atoms with Crippen molar-refractivity contribution < 1.29 is 13.9 Å². The fraction of sp³-hybridized carbons (Fsp3) is 0.500. The zero-order valence-electron chi connectivity index (χ0n) is 11.3. The van der Waals surface area contributed by atoms with Crippen molar-refractivity contribution in [3.63, 3.8) is 0 Å². The van der Waals surface area contributed by atoms with Crippen LogP contribution in [0, 0.1) is 5.82 Å². The molecule has 1 aromatic rings. The highest BCUT2D eigenvalue weighted by Gasteiger charge is 2.15. The van der Waals surface area contributed by atoms with Gasteiger partial charge in [0.15, 0.2) is 0 Å². The lowest BCUT2D eigenvalue weighted by atomic mass is 10.1. The van der Waals surface area contributed by atoms with Crippen molar-refractivity contribution in [1.82, 2.24) is 0 Å². The van der Waals surface area contributed by atoms with Crippen LogP contribution in [-0.2, 0) is 4.74 Å². The van der Waals surface area contributed by atoms with Crippen LogP contribution in [-0.4, -0.2) is 25.2 Å². The summed E-state index contributed by atoms with van der Waals surface area (Å²) < 4.78 is 19.3. The minimum absolute atomic E-state index is 0.0520. The van der Waals surface area contributed by atoms with Gasteiger partial charge in [0, 0.05) is 18.8 Å². The molecule has 0 spiro atoms. The molecule has 5 N–H and O–H groups in total. The van der Waals surface area contributed by atoms with Gasteiger partial charge in [0.1, 0.15) is 5.82 Å². The third-order valence-electron chi connectivity index (χ3n) is 3.46. The number of hydrogen-bond donors (Lipinski definition) is 3. The maximum atomic E-state index is 13.7. The van der Waals surface area contributed by atoms with Crippen LogP contribution in [0.2, 0.25) is 0 Å². The number of ether oxygens (including phenoxy) is 1. The zero-order valence-corrected chi connectivity index (χ0v) is 11.3. The summed E-state index contributed by atoms with van der Waals surface area (Å²) in [5.74, 6) is -1.15. The number of nitrogens with two attached hydrogens (primary N) is 2. The Balaban J connectivity index is 1.94. The highest BCUT2D eigenvalue weighted by molar-refractivity contribution is 5.99. The molecule has 1 heterocycles. The number of hydrogen-bond acceptors (Lipinski definition) is 4. The monoisotopic (exact) mass is 281 g/mol. The molecule has 0 aliphatic carbocycles. The Morgan fingerprint density at radius 1 is 1.45 bits per heavy atom. The summed E-state index contributed by atoms with van der Waals surface area (Å²) in [6.45, 7) is 1.37. The number of amides is 1. The first-order chi connectivity index (χ1) is 9.58. The van der Waals surface area contributed by atoms with Crippen molar-refractivity contribution in [2.45, 2.75) is 31.8 Å². The first kappa shape index (κ1) is 14.6. The molecule has 1 aliphatic rings. The van der Waals surface area contributed by atoms with Gasteiger partial charge in [-0.2, -0.15) is 0 Å². The Morgan fingerprint density at radius 3 is 2.90 bits per heavy atom. The van der Waals surface area contributed by atoms with Crippen molar-refractivity contribution in [2.75, 3.05) is 24.2 Å². The molecule has 6 heteroatoms. The van der Waals surface area contributed by atoms with Crippen LogP contribution in [0.4, 0.5) is 15.8 Å². The largest absolute Gasteiger partial charge is 0.398 e. The molecule has 1 aromatic carbocycles. The van der Waals surface area contributed by atoms with Gasteiger partial charge in [-0.1, -0.05) is 0 Å². The number of benzene rings is 1. The van der Waals surface area contributed by atoms with Crippen molar-refractivity contribution in [3.8, 4) is 0 Å². The maximum absolute atomic E-state index is 13.7. The van der Waals surface area contributed by atoms with Crippen LogP contribution in [0.3, 0.4) is 0 Å². The number of nitrogen functional groups attached to an aromatic ring is 1. The van der Waals surface area contributed by atoms with Crippen LogP contribution >= 0.6 is 0 Å². The number of rotatable bonds is 5. The SMILES string of the molecule is NC(=O)c1cc(NCCC2CCCCO2)c(F)cc1N. The summed E-state index contributed by atoms with van der Waals surface area (Å²) in [6, 6.07) is 2.47. The first-order valence-corrected chi connectivity index (χ1v) is 6.82. The van der Waals surface area contributed by atoms with E-state index in [0.29, 0.717) is 6.54 Å². The lowest BCUT2D eigenvalue weighted by molar-refractivity contribution is 0.0134. The van der Waals surface area contributed by atoms with E-state index >= 15 is 0 Å². The molecule has 1 unspecified atom stereocenters. The van der Waals surface area contributed by atoms with Crippen LogP contribution in [0.1, 0.15) is 36.0 Å². The Bertz CT molecular complexity index is 488. The van der Waals surface area contributed by atoms with Gasteiger partial charge < -0.3 is 21.5 Å². The molecule has 2 rings (SSSR count). The summed E-state index contributed by atoms with van der Waals surface area (Å²) in [5.41, 5.74) is 11.2. The first-order valence-electron chi connectivity index (χ1n) is 6.82. The predicted molar refractivity (Wildman–Crippen MR) is 76.0 cm³/mol. The lowest BCUT2D eigenvalue weighted by Gasteiger charge is -2.22. The minimum Gasteiger partial charge on any atom is -0.398 e. The normalized spacial score (nSPS) is 18.8. The Hall–Kier alpha value is -1.82. The Morgan fingerprint density at radius 2 is 2.25 bits per heavy atom. The van der Waals surface area contributed by atoms with Crippen LogP contribution < -0.4 is 16.8 Å². The molecule has 110 valence electrons. The molecule has 0 radical (unpaired) electrons. The van der Waals surface area contributed by atoms with E-state index in [0.717, 1.165) is 31.9 Å². The molecule has 1 saturated heterocycles. The number of primary amides is 1. The van der Waals surface area contributed by atoms with Crippen molar-refractivity contribution in [2.24, 2.45) is 5.73 Å². The summed E-state index contributed by atoms with van der Waals surface area (Å²) in [4.78, 5) is 11.2. The van der Waals surface area contributed by atoms with Gasteiger partial charge in [0.2, 0.25) is 0 Å². The second-order valence-electron chi connectivity index (χ2n) is 4.99. The van der Waals surface area contributed by atoms with E-state index in [9.17, 15) is 9.18 Å².